The van der Waals surface area contributed by atoms with Crippen LogP contribution < -0.4 is 5.32 Å². The van der Waals surface area contributed by atoms with E-state index in [-0.39, 0.29) is 0 Å². The Labute approximate surface area is 85.0 Å². The van der Waals surface area contributed by atoms with Crippen molar-refractivity contribution in [2.45, 2.75) is 13.8 Å². The molecule has 14 heavy (non-hydrogen) atoms. The van der Waals surface area contributed by atoms with E-state index in [1.54, 1.807) is 12.1 Å². The fourth-order valence-electron chi connectivity index (χ4n) is 1.36. The number of phenols is 1. The molecule has 0 unspecified atom stereocenters. The Morgan fingerprint density at radius 2 is 1.86 bits per heavy atom. The van der Waals surface area contributed by atoms with Crippen LogP contribution in [0, 0.1) is 25.7 Å². The molecule has 0 amide bonds. The van der Waals surface area contributed by atoms with Gasteiger partial charge in [0.1, 0.15) is 5.75 Å². The van der Waals surface area contributed by atoms with Gasteiger partial charge in [0.2, 0.25) is 0 Å². The average molecular weight is 189 g/mol. The Morgan fingerprint density at radius 1 is 1.29 bits per heavy atom. The highest BCUT2D eigenvalue weighted by Crippen LogP contribution is 2.19. The van der Waals surface area contributed by atoms with Crippen molar-refractivity contribution in [1.82, 2.24) is 5.32 Å². The van der Waals surface area contributed by atoms with Crippen LogP contribution in [-0.4, -0.2) is 18.7 Å². The maximum absolute atomic E-state index is 9.33. The number of aryl methyl sites for hydroxylation is 2. The van der Waals surface area contributed by atoms with E-state index in [2.05, 4.69) is 17.2 Å². The van der Waals surface area contributed by atoms with Gasteiger partial charge >= 0.3 is 0 Å². The highest BCUT2D eigenvalue weighted by Gasteiger charge is 2.01. The summed E-state index contributed by atoms with van der Waals surface area (Å²) in [6.07, 6.45) is 0. The van der Waals surface area contributed by atoms with Crippen molar-refractivity contribution in [1.29, 1.82) is 0 Å². The molecule has 1 aromatic rings. The third kappa shape index (κ3) is 2.51. The predicted octanol–water partition coefficient (Wildman–Crippen LogP) is 1.58. The molecule has 74 valence electrons. The first-order valence-electron chi connectivity index (χ1n) is 4.59. The van der Waals surface area contributed by atoms with E-state index >= 15 is 0 Å². The number of nitrogens with one attached hydrogen (secondary N) is 1. The summed E-state index contributed by atoms with van der Waals surface area (Å²) in [4.78, 5) is 0. The second kappa shape index (κ2) is 4.69. The number of benzene rings is 1. The average Bonchev–Trinajstić information content (AvgIpc) is 2.09. The lowest BCUT2D eigenvalue weighted by molar-refractivity contribution is 0.474. The minimum absolute atomic E-state index is 0.305. The van der Waals surface area contributed by atoms with Gasteiger partial charge in [-0.2, -0.15) is 0 Å². The molecule has 0 fully saturated rings. The predicted molar refractivity (Wildman–Crippen MR) is 58.4 cm³/mol. The number of aromatic hydroxyl groups is 1. The Kier molecular flexibility index (Phi) is 3.55. The second-order valence-corrected chi connectivity index (χ2v) is 3.29. The van der Waals surface area contributed by atoms with Crippen LogP contribution in [0.4, 0.5) is 0 Å². The molecule has 1 aromatic carbocycles. The molecule has 0 spiro atoms. The topological polar surface area (TPSA) is 32.3 Å². The van der Waals surface area contributed by atoms with Crippen molar-refractivity contribution < 1.29 is 5.11 Å². The van der Waals surface area contributed by atoms with E-state index in [0.29, 0.717) is 12.3 Å². The van der Waals surface area contributed by atoms with Crippen LogP contribution >= 0.6 is 0 Å². The summed E-state index contributed by atoms with van der Waals surface area (Å²) >= 11 is 0. The Bertz CT molecular complexity index is 362. The van der Waals surface area contributed by atoms with Gasteiger partial charge in [0.25, 0.3) is 0 Å². The molecular weight excluding hydrogens is 174 g/mol. The molecular formula is C12H15NO. The summed E-state index contributed by atoms with van der Waals surface area (Å²) in [5, 5.41) is 12.3. The molecule has 2 nitrogen and oxygen atoms in total. The van der Waals surface area contributed by atoms with E-state index < -0.39 is 0 Å². The first-order chi connectivity index (χ1) is 6.65. The van der Waals surface area contributed by atoms with Gasteiger partial charge in [-0.15, -0.1) is 0 Å². The second-order valence-electron chi connectivity index (χ2n) is 3.29. The van der Waals surface area contributed by atoms with E-state index in [4.69, 9.17) is 0 Å². The van der Waals surface area contributed by atoms with Crippen molar-refractivity contribution >= 4 is 0 Å². The molecule has 0 radical (unpaired) electrons. The van der Waals surface area contributed by atoms with Gasteiger partial charge in [0.15, 0.2) is 0 Å². The molecule has 0 aliphatic carbocycles. The van der Waals surface area contributed by atoms with Crippen LogP contribution in [0.15, 0.2) is 12.1 Å². The zero-order chi connectivity index (χ0) is 10.6. The lowest BCUT2D eigenvalue weighted by Gasteiger charge is -2.03. The molecule has 0 atom stereocenters. The fourth-order valence-corrected chi connectivity index (χ4v) is 1.36. The zero-order valence-corrected chi connectivity index (χ0v) is 8.81. The van der Waals surface area contributed by atoms with Crippen LogP contribution in [0.3, 0.4) is 0 Å². The van der Waals surface area contributed by atoms with Gasteiger partial charge < -0.3 is 10.4 Å². The van der Waals surface area contributed by atoms with Gasteiger partial charge in [-0.3, -0.25) is 0 Å². The molecule has 0 heterocycles. The third-order valence-electron chi connectivity index (χ3n) is 2.00. The lowest BCUT2D eigenvalue weighted by Crippen LogP contribution is -2.04. The quantitative estimate of drug-likeness (QED) is 0.657. The number of hydrogen-bond donors (Lipinski definition) is 2. The normalized spacial score (nSPS) is 9.36. The van der Waals surface area contributed by atoms with Gasteiger partial charge in [-0.25, -0.2) is 0 Å². The van der Waals surface area contributed by atoms with Crippen molar-refractivity contribution in [3.05, 3.63) is 28.8 Å². The summed E-state index contributed by atoms with van der Waals surface area (Å²) in [6.45, 7) is 4.59. The molecule has 0 saturated heterocycles. The van der Waals surface area contributed by atoms with Crippen molar-refractivity contribution in [3.63, 3.8) is 0 Å². The smallest absolute Gasteiger partial charge is 0.116 e. The third-order valence-corrected chi connectivity index (χ3v) is 2.00. The van der Waals surface area contributed by atoms with Crippen LogP contribution in [0.2, 0.25) is 0 Å². The molecule has 2 heteroatoms. The van der Waals surface area contributed by atoms with E-state index in [1.807, 2.05) is 20.9 Å². The summed E-state index contributed by atoms with van der Waals surface area (Å²) in [5.74, 6) is 6.40. The van der Waals surface area contributed by atoms with Crippen molar-refractivity contribution in [2.24, 2.45) is 0 Å². The van der Waals surface area contributed by atoms with E-state index in [9.17, 15) is 5.11 Å². The van der Waals surface area contributed by atoms with E-state index in [0.717, 1.165) is 16.7 Å². The van der Waals surface area contributed by atoms with Crippen LogP contribution in [0.25, 0.3) is 0 Å². The van der Waals surface area contributed by atoms with Crippen molar-refractivity contribution in [2.75, 3.05) is 13.6 Å². The van der Waals surface area contributed by atoms with Crippen LogP contribution in [-0.2, 0) is 0 Å². The highest BCUT2D eigenvalue weighted by atomic mass is 16.3. The maximum atomic E-state index is 9.33. The molecule has 0 aromatic heterocycles. The van der Waals surface area contributed by atoms with Gasteiger partial charge in [0.05, 0.1) is 6.54 Å². The highest BCUT2D eigenvalue weighted by molar-refractivity contribution is 5.49. The van der Waals surface area contributed by atoms with Gasteiger partial charge in [-0.05, 0) is 44.2 Å². The van der Waals surface area contributed by atoms with Crippen LogP contribution in [0.1, 0.15) is 16.7 Å². The Balaban J connectivity index is 3.04. The number of rotatable bonds is 1. The molecule has 0 aliphatic rings. The largest absolute Gasteiger partial charge is 0.508 e. The summed E-state index contributed by atoms with van der Waals surface area (Å²) in [7, 11) is 1.87. The molecule has 1 rings (SSSR count). The molecule has 0 aliphatic heterocycles. The standard InChI is InChI=1S/C12H15NO/c1-9-7-11(14)8-10(2)12(9)5-4-6-13-3/h7-8,13-14H,6H2,1-3H3. The molecule has 0 bridgehead atoms. The van der Waals surface area contributed by atoms with Crippen LogP contribution in [0.5, 0.6) is 5.75 Å². The maximum Gasteiger partial charge on any atom is 0.116 e. The van der Waals surface area contributed by atoms with Gasteiger partial charge in [-0.1, -0.05) is 11.8 Å². The molecule has 0 saturated carbocycles. The van der Waals surface area contributed by atoms with Gasteiger partial charge in [0, 0.05) is 5.56 Å². The minimum Gasteiger partial charge on any atom is -0.508 e. The number of phenolic OH excluding ortho intramolecular Hbond substituents is 1. The fraction of sp³-hybridized carbons (Fsp3) is 0.333. The SMILES string of the molecule is CNCC#Cc1c(C)cc(O)cc1C. The monoisotopic (exact) mass is 189 g/mol. The van der Waals surface area contributed by atoms with Crippen molar-refractivity contribution in [3.8, 4) is 17.6 Å². The first-order valence-corrected chi connectivity index (χ1v) is 4.59. The summed E-state index contributed by atoms with van der Waals surface area (Å²) in [5.41, 5.74) is 3.05. The summed E-state index contributed by atoms with van der Waals surface area (Å²) in [6, 6.07) is 3.47. The molecule has 2 N–H and O–H groups in total. The zero-order valence-electron chi connectivity index (χ0n) is 8.81. The Hall–Kier alpha value is -1.46. The number of hydrogen-bond acceptors (Lipinski definition) is 2. The first kappa shape index (κ1) is 10.6. The van der Waals surface area contributed by atoms with E-state index in [1.165, 1.54) is 0 Å². The lowest BCUT2D eigenvalue weighted by atomic mass is 10.0. The summed E-state index contributed by atoms with van der Waals surface area (Å²) < 4.78 is 0. The minimum atomic E-state index is 0.305. The Morgan fingerprint density at radius 3 is 2.36 bits per heavy atom.